The number of nitro benzene ring substituents is 1. The summed E-state index contributed by atoms with van der Waals surface area (Å²) in [5.74, 6) is -2.33. The summed E-state index contributed by atoms with van der Waals surface area (Å²) < 4.78 is 13.9. The summed E-state index contributed by atoms with van der Waals surface area (Å²) in [5, 5.41) is 15.7. The smallest absolute Gasteiger partial charge is 0.322 e. The Bertz CT molecular complexity index is 1010. The minimum Gasteiger partial charge on any atom is -0.322 e. The van der Waals surface area contributed by atoms with Crippen molar-refractivity contribution in [3.8, 4) is 0 Å². The molecule has 0 unspecified atom stereocenters. The van der Waals surface area contributed by atoms with Gasteiger partial charge in [0.1, 0.15) is 17.9 Å². The molecule has 3 rings (SSSR count). The molecule has 1 aliphatic heterocycles. The highest BCUT2D eigenvalue weighted by Gasteiger charge is 2.52. The lowest BCUT2D eigenvalue weighted by Crippen LogP contribution is -2.44. The van der Waals surface area contributed by atoms with Gasteiger partial charge in [-0.15, -0.1) is 0 Å². The molecule has 1 aliphatic rings. The van der Waals surface area contributed by atoms with Gasteiger partial charge in [0.25, 0.3) is 11.6 Å². The van der Waals surface area contributed by atoms with E-state index in [4.69, 9.17) is 0 Å². The lowest BCUT2D eigenvalue weighted by Gasteiger charge is -2.26. The van der Waals surface area contributed by atoms with Crippen LogP contribution >= 0.6 is 0 Å². The average Bonchev–Trinajstić information content (AvgIpc) is 2.95. The maximum atomic E-state index is 13.9. The van der Waals surface area contributed by atoms with E-state index in [2.05, 4.69) is 10.6 Å². The molecule has 0 bridgehead atoms. The van der Waals surface area contributed by atoms with E-state index in [1.165, 1.54) is 0 Å². The van der Waals surface area contributed by atoms with Gasteiger partial charge in [0, 0.05) is 12.1 Å². The molecule has 2 N–H and O–H groups in total. The second-order valence-corrected chi connectivity index (χ2v) is 6.81. The van der Waals surface area contributed by atoms with E-state index in [0.717, 1.165) is 23.1 Å². The molecule has 0 saturated carbocycles. The molecule has 1 fully saturated rings. The summed E-state index contributed by atoms with van der Waals surface area (Å²) in [7, 11) is 0. The molecule has 0 radical (unpaired) electrons. The maximum absolute atomic E-state index is 13.9. The molecule has 10 heteroatoms. The third-order valence-corrected chi connectivity index (χ3v) is 4.80. The number of nitro groups is 1. The van der Waals surface area contributed by atoms with Gasteiger partial charge in [0.05, 0.1) is 10.6 Å². The van der Waals surface area contributed by atoms with E-state index in [0.29, 0.717) is 18.4 Å². The normalized spacial score (nSPS) is 18.3. The van der Waals surface area contributed by atoms with Crippen molar-refractivity contribution in [1.29, 1.82) is 0 Å². The Labute approximate surface area is 171 Å². The largest absolute Gasteiger partial charge is 0.325 e. The fraction of sp³-hybridized carbons (Fsp3) is 0.250. The SMILES string of the molecule is CCC[C@@]1(c2ccccc2)NC(=O)N(CC(=O)Nc2cc([N+](=O)[O-])ccc2F)C1=O. The van der Waals surface area contributed by atoms with Gasteiger partial charge in [-0.05, 0) is 18.1 Å². The quantitative estimate of drug-likeness (QED) is 0.410. The summed E-state index contributed by atoms with van der Waals surface area (Å²) in [6.45, 7) is 1.20. The zero-order valence-electron chi connectivity index (χ0n) is 16.1. The van der Waals surface area contributed by atoms with Crippen molar-refractivity contribution in [2.24, 2.45) is 0 Å². The highest BCUT2D eigenvalue weighted by molar-refractivity contribution is 6.10. The second kappa shape index (κ2) is 8.27. The fourth-order valence-corrected chi connectivity index (χ4v) is 3.43. The van der Waals surface area contributed by atoms with Gasteiger partial charge < -0.3 is 10.6 Å². The number of urea groups is 1. The van der Waals surface area contributed by atoms with E-state index in [1.54, 1.807) is 30.3 Å². The van der Waals surface area contributed by atoms with E-state index in [1.807, 2.05) is 6.92 Å². The van der Waals surface area contributed by atoms with Crippen molar-refractivity contribution in [2.45, 2.75) is 25.3 Å². The fourth-order valence-electron chi connectivity index (χ4n) is 3.43. The van der Waals surface area contributed by atoms with Crippen molar-refractivity contribution in [3.05, 3.63) is 70.0 Å². The van der Waals surface area contributed by atoms with Crippen LogP contribution in [-0.2, 0) is 15.1 Å². The Kier molecular flexibility index (Phi) is 5.77. The molecule has 0 aromatic heterocycles. The van der Waals surface area contributed by atoms with E-state index in [9.17, 15) is 28.9 Å². The lowest BCUT2D eigenvalue weighted by atomic mass is 9.85. The average molecular weight is 414 g/mol. The molecule has 1 saturated heterocycles. The highest BCUT2D eigenvalue weighted by Crippen LogP contribution is 2.33. The highest BCUT2D eigenvalue weighted by atomic mass is 19.1. The van der Waals surface area contributed by atoms with Gasteiger partial charge in [-0.3, -0.25) is 24.6 Å². The zero-order valence-corrected chi connectivity index (χ0v) is 16.1. The third-order valence-electron chi connectivity index (χ3n) is 4.80. The number of rotatable bonds is 7. The minimum absolute atomic E-state index is 0.333. The van der Waals surface area contributed by atoms with Gasteiger partial charge in [-0.2, -0.15) is 0 Å². The Morgan fingerprint density at radius 1 is 1.23 bits per heavy atom. The number of imide groups is 1. The van der Waals surface area contributed by atoms with Crippen molar-refractivity contribution < 1.29 is 23.7 Å². The number of nitrogens with zero attached hydrogens (tertiary/aromatic N) is 2. The number of amides is 4. The molecule has 30 heavy (non-hydrogen) atoms. The molecular weight excluding hydrogens is 395 g/mol. The standard InChI is InChI=1S/C20H19FN4O5/c1-2-10-20(13-6-4-3-5-7-13)18(27)24(19(28)23-20)12-17(26)22-16-11-14(25(29)30)8-9-15(16)21/h3-9,11H,2,10,12H2,1H3,(H,22,26)(H,23,28)/t20-/m0/s1. The van der Waals surface area contributed by atoms with Crippen LogP contribution in [0.4, 0.5) is 20.6 Å². The Balaban J connectivity index is 1.81. The topological polar surface area (TPSA) is 122 Å². The molecule has 1 atom stereocenters. The predicted octanol–water partition coefficient (Wildman–Crippen LogP) is 2.92. The monoisotopic (exact) mass is 414 g/mol. The van der Waals surface area contributed by atoms with Crippen LogP contribution < -0.4 is 10.6 Å². The number of non-ortho nitro benzene ring substituents is 1. The molecule has 0 spiro atoms. The van der Waals surface area contributed by atoms with Crippen LogP contribution in [0.3, 0.4) is 0 Å². The van der Waals surface area contributed by atoms with Crippen LogP contribution in [0.2, 0.25) is 0 Å². The van der Waals surface area contributed by atoms with Crippen molar-refractivity contribution in [3.63, 3.8) is 0 Å². The Morgan fingerprint density at radius 2 is 1.93 bits per heavy atom. The van der Waals surface area contributed by atoms with Gasteiger partial charge in [-0.1, -0.05) is 43.7 Å². The van der Waals surface area contributed by atoms with Crippen LogP contribution in [0.5, 0.6) is 0 Å². The molecule has 1 heterocycles. The van der Waals surface area contributed by atoms with Crippen molar-refractivity contribution >= 4 is 29.2 Å². The summed E-state index contributed by atoms with van der Waals surface area (Å²) in [5.41, 5.74) is -1.51. The number of hydrogen-bond acceptors (Lipinski definition) is 5. The van der Waals surface area contributed by atoms with Crippen LogP contribution in [0, 0.1) is 15.9 Å². The minimum atomic E-state index is -1.29. The Hall–Kier alpha value is -3.82. The molecular formula is C20H19FN4O5. The van der Waals surface area contributed by atoms with Gasteiger partial charge in [0.2, 0.25) is 5.91 Å². The molecule has 156 valence electrons. The second-order valence-electron chi connectivity index (χ2n) is 6.81. The number of halogens is 1. The number of anilines is 1. The summed E-state index contributed by atoms with van der Waals surface area (Å²) >= 11 is 0. The number of carbonyl (C=O) groups excluding carboxylic acids is 3. The Morgan fingerprint density at radius 3 is 2.57 bits per heavy atom. The molecule has 2 aromatic rings. The molecule has 9 nitrogen and oxygen atoms in total. The lowest BCUT2D eigenvalue weighted by molar-refractivity contribution is -0.384. The number of carbonyl (C=O) groups is 3. The first-order valence-corrected chi connectivity index (χ1v) is 9.22. The number of benzene rings is 2. The summed E-state index contributed by atoms with van der Waals surface area (Å²) in [6, 6.07) is 10.6. The van der Waals surface area contributed by atoms with Crippen LogP contribution in [0.25, 0.3) is 0 Å². The number of hydrogen-bond donors (Lipinski definition) is 2. The van der Waals surface area contributed by atoms with Gasteiger partial charge in [-0.25, -0.2) is 9.18 Å². The summed E-state index contributed by atoms with van der Waals surface area (Å²) in [4.78, 5) is 48.9. The zero-order chi connectivity index (χ0) is 21.9. The number of nitrogens with one attached hydrogen (secondary N) is 2. The third kappa shape index (κ3) is 3.84. The first kappa shape index (κ1) is 20.9. The first-order chi connectivity index (χ1) is 14.3. The maximum Gasteiger partial charge on any atom is 0.325 e. The van der Waals surface area contributed by atoms with Crippen molar-refractivity contribution in [1.82, 2.24) is 10.2 Å². The van der Waals surface area contributed by atoms with E-state index < -0.39 is 52.0 Å². The van der Waals surface area contributed by atoms with Gasteiger partial charge >= 0.3 is 6.03 Å². The molecule has 4 amide bonds. The first-order valence-electron chi connectivity index (χ1n) is 9.22. The molecule has 0 aliphatic carbocycles. The van der Waals surface area contributed by atoms with Crippen LogP contribution in [0.1, 0.15) is 25.3 Å². The predicted molar refractivity (Wildman–Crippen MR) is 105 cm³/mol. The van der Waals surface area contributed by atoms with E-state index in [-0.39, 0.29) is 0 Å². The summed E-state index contributed by atoms with van der Waals surface area (Å²) in [6.07, 6.45) is 0.930. The van der Waals surface area contributed by atoms with Crippen LogP contribution in [0.15, 0.2) is 48.5 Å². The van der Waals surface area contributed by atoms with Crippen LogP contribution in [-0.4, -0.2) is 34.2 Å². The molecule has 2 aromatic carbocycles. The van der Waals surface area contributed by atoms with E-state index >= 15 is 0 Å². The van der Waals surface area contributed by atoms with Gasteiger partial charge in [0.15, 0.2) is 0 Å². The van der Waals surface area contributed by atoms with Crippen molar-refractivity contribution in [2.75, 3.05) is 11.9 Å².